The van der Waals surface area contributed by atoms with E-state index in [4.69, 9.17) is 11.0 Å². The number of anilines is 1. The third kappa shape index (κ3) is 2.60. The van der Waals surface area contributed by atoms with Crippen LogP contribution in [0.25, 0.3) is 5.69 Å². The highest BCUT2D eigenvalue weighted by Crippen LogP contribution is 2.28. The molecule has 0 aliphatic rings. The molecular weight excluding hydrogens is 303 g/mol. The van der Waals surface area contributed by atoms with Gasteiger partial charge in [-0.2, -0.15) is 5.26 Å². The lowest BCUT2D eigenvalue weighted by molar-refractivity contribution is 0.0592. The number of hydrogen-bond acceptors (Lipinski definition) is 5. The molecule has 8 heteroatoms. The number of nitriles is 1. The molecule has 0 atom stereocenters. The van der Waals surface area contributed by atoms with Crippen LogP contribution < -0.4 is 11.1 Å². The number of carbonyl (C=O) groups excluding carboxylic acids is 2. The zero-order valence-electron chi connectivity index (χ0n) is 12.4. The smallest absolute Gasteiger partial charge is 0.357 e. The highest BCUT2D eigenvalue weighted by molar-refractivity contribution is 6.00. The molecule has 0 bridgehead atoms. The number of nitrogens with two attached hydrogens (primary N) is 1. The average Bonchev–Trinajstić information content (AvgIpc) is 2.89. The van der Waals surface area contributed by atoms with Crippen molar-refractivity contribution in [2.24, 2.45) is 0 Å². The van der Waals surface area contributed by atoms with Gasteiger partial charge in [0.2, 0.25) is 0 Å². The van der Waals surface area contributed by atoms with Gasteiger partial charge in [0, 0.05) is 13.2 Å². The molecule has 0 aliphatic carbocycles. The third-order valence-electron chi connectivity index (χ3n) is 3.24. The molecule has 3 N–H and O–H groups in total. The van der Waals surface area contributed by atoms with Crippen molar-refractivity contribution in [2.75, 3.05) is 19.9 Å². The molecule has 1 heterocycles. The van der Waals surface area contributed by atoms with Gasteiger partial charge >= 0.3 is 5.97 Å². The summed E-state index contributed by atoms with van der Waals surface area (Å²) >= 11 is 0. The first kappa shape index (κ1) is 16.0. The van der Waals surface area contributed by atoms with E-state index < -0.39 is 17.7 Å². The summed E-state index contributed by atoms with van der Waals surface area (Å²) in [6, 6.07) is 5.69. The first-order valence-corrected chi connectivity index (χ1v) is 6.46. The number of halogens is 1. The minimum atomic E-state index is -0.852. The normalized spacial score (nSPS) is 10.0. The molecule has 0 spiro atoms. The third-order valence-corrected chi connectivity index (χ3v) is 3.24. The van der Waals surface area contributed by atoms with Gasteiger partial charge in [0.05, 0.1) is 29.6 Å². The number of para-hydroxylation sites is 1. The molecule has 0 saturated heterocycles. The first-order chi connectivity index (χ1) is 11.0. The minimum absolute atomic E-state index is 0.0165. The van der Waals surface area contributed by atoms with Crippen molar-refractivity contribution in [3.63, 3.8) is 0 Å². The Morgan fingerprint density at radius 3 is 2.70 bits per heavy atom. The molecule has 2 aromatic rings. The molecule has 0 fully saturated rings. The quantitative estimate of drug-likeness (QED) is 0.827. The highest BCUT2D eigenvalue weighted by atomic mass is 19.1. The molecule has 118 valence electrons. The zero-order valence-corrected chi connectivity index (χ0v) is 12.4. The summed E-state index contributed by atoms with van der Waals surface area (Å²) in [4.78, 5) is 23.9. The molecule has 1 aromatic heterocycles. The van der Waals surface area contributed by atoms with Gasteiger partial charge in [-0.25, -0.2) is 9.18 Å². The average molecular weight is 316 g/mol. The second kappa shape index (κ2) is 6.19. The van der Waals surface area contributed by atoms with Crippen molar-refractivity contribution >= 4 is 17.6 Å². The number of nitrogens with one attached hydrogen (secondary N) is 1. The maximum absolute atomic E-state index is 14.3. The molecule has 1 aromatic carbocycles. The number of benzene rings is 1. The van der Waals surface area contributed by atoms with Crippen LogP contribution in [0.5, 0.6) is 0 Å². The Morgan fingerprint density at radius 2 is 2.13 bits per heavy atom. The fourth-order valence-corrected chi connectivity index (χ4v) is 2.17. The summed E-state index contributed by atoms with van der Waals surface area (Å²) in [7, 11) is 2.52. The van der Waals surface area contributed by atoms with Gasteiger partial charge < -0.3 is 20.4 Å². The Bertz CT molecular complexity index is 836. The Balaban J connectivity index is 2.85. The second-order valence-electron chi connectivity index (χ2n) is 4.49. The van der Waals surface area contributed by atoms with Crippen LogP contribution in [0.3, 0.4) is 0 Å². The lowest BCUT2D eigenvalue weighted by Crippen LogP contribution is -2.22. The Morgan fingerprint density at radius 1 is 1.43 bits per heavy atom. The van der Waals surface area contributed by atoms with E-state index in [1.165, 1.54) is 25.4 Å². The molecule has 0 saturated carbocycles. The summed E-state index contributed by atoms with van der Waals surface area (Å²) in [6.45, 7) is 0. The van der Waals surface area contributed by atoms with E-state index in [2.05, 4.69) is 10.1 Å². The number of rotatable bonds is 3. The first-order valence-electron chi connectivity index (χ1n) is 6.46. The molecule has 2 rings (SSSR count). The van der Waals surface area contributed by atoms with Gasteiger partial charge in [-0.3, -0.25) is 4.79 Å². The van der Waals surface area contributed by atoms with E-state index in [-0.39, 0.29) is 28.2 Å². The summed E-state index contributed by atoms with van der Waals surface area (Å²) < 4.78 is 20.0. The number of hydrogen-bond donors (Lipinski definition) is 2. The van der Waals surface area contributed by atoms with Crippen LogP contribution in [-0.4, -0.2) is 30.6 Å². The van der Waals surface area contributed by atoms with Gasteiger partial charge in [-0.1, -0.05) is 6.07 Å². The van der Waals surface area contributed by atoms with Crippen LogP contribution in [0.15, 0.2) is 24.4 Å². The molecule has 0 radical (unpaired) electrons. The largest absolute Gasteiger partial charge is 0.464 e. The number of aromatic nitrogens is 1. The van der Waals surface area contributed by atoms with E-state index in [0.29, 0.717) is 0 Å². The van der Waals surface area contributed by atoms with Crippen LogP contribution in [0.2, 0.25) is 0 Å². The summed E-state index contributed by atoms with van der Waals surface area (Å²) in [5, 5.41) is 11.5. The fourth-order valence-electron chi connectivity index (χ4n) is 2.17. The number of amides is 1. The molecule has 1 amide bonds. The number of nitrogen functional groups attached to an aromatic ring is 1. The Labute approximate surface area is 131 Å². The van der Waals surface area contributed by atoms with Crippen molar-refractivity contribution in [2.45, 2.75) is 0 Å². The summed E-state index contributed by atoms with van der Waals surface area (Å²) in [6.07, 6.45) is 1.19. The highest BCUT2D eigenvalue weighted by Gasteiger charge is 2.26. The van der Waals surface area contributed by atoms with Crippen molar-refractivity contribution in [1.82, 2.24) is 9.88 Å². The van der Waals surface area contributed by atoms with Gasteiger partial charge in [-0.05, 0) is 12.1 Å². The monoisotopic (exact) mass is 316 g/mol. The van der Waals surface area contributed by atoms with Crippen molar-refractivity contribution < 1.29 is 18.7 Å². The number of methoxy groups -OCH3 is 1. The molecule has 7 nitrogen and oxygen atoms in total. The van der Waals surface area contributed by atoms with E-state index >= 15 is 0 Å². The lowest BCUT2D eigenvalue weighted by atomic mass is 10.1. The lowest BCUT2D eigenvalue weighted by Gasteiger charge is -2.13. The molecule has 0 aliphatic heterocycles. The fraction of sp³-hybridized carbons (Fsp3) is 0.133. The van der Waals surface area contributed by atoms with E-state index in [1.807, 2.05) is 6.07 Å². The van der Waals surface area contributed by atoms with Crippen molar-refractivity contribution in [3.05, 3.63) is 47.0 Å². The SMILES string of the molecule is CNC(=O)c1cccc(F)c1-n1cc(C#N)c(N)c1C(=O)OC. The van der Waals surface area contributed by atoms with Crippen molar-refractivity contribution in [3.8, 4) is 11.8 Å². The summed E-state index contributed by atoms with van der Waals surface area (Å²) in [5.41, 5.74) is 5.16. The number of nitrogens with zero attached hydrogens (tertiary/aromatic N) is 2. The second-order valence-corrected chi connectivity index (χ2v) is 4.49. The van der Waals surface area contributed by atoms with Crippen molar-refractivity contribution in [1.29, 1.82) is 5.26 Å². The standard InChI is InChI=1S/C15H13FN4O3/c1-19-14(21)9-4-3-5-10(16)12(9)20-7-8(6-17)11(18)13(20)15(22)23-2/h3-5,7H,18H2,1-2H3,(H,19,21). The summed E-state index contributed by atoms with van der Waals surface area (Å²) in [5.74, 6) is -2.16. The Hall–Kier alpha value is -3.34. The predicted octanol–water partition coefficient (Wildman–Crippen LogP) is 1.22. The predicted molar refractivity (Wildman–Crippen MR) is 79.6 cm³/mol. The topological polar surface area (TPSA) is 110 Å². The molecule has 23 heavy (non-hydrogen) atoms. The number of carbonyl (C=O) groups is 2. The zero-order chi connectivity index (χ0) is 17.1. The van der Waals surface area contributed by atoms with E-state index in [0.717, 1.165) is 17.7 Å². The van der Waals surface area contributed by atoms with Gasteiger partial charge in [-0.15, -0.1) is 0 Å². The number of ether oxygens (including phenoxy) is 1. The van der Waals surface area contributed by atoms with Crippen LogP contribution >= 0.6 is 0 Å². The van der Waals surface area contributed by atoms with Crippen LogP contribution in [0.4, 0.5) is 10.1 Å². The van der Waals surface area contributed by atoms with E-state index in [9.17, 15) is 14.0 Å². The molecular formula is C15H13FN4O3. The van der Waals surface area contributed by atoms with E-state index in [1.54, 1.807) is 0 Å². The Kier molecular flexibility index (Phi) is 4.32. The van der Waals surface area contributed by atoms with Gasteiger partial charge in [0.25, 0.3) is 5.91 Å². The van der Waals surface area contributed by atoms with Crippen LogP contribution in [-0.2, 0) is 4.74 Å². The van der Waals surface area contributed by atoms with Gasteiger partial charge in [0.15, 0.2) is 5.69 Å². The number of esters is 1. The van der Waals surface area contributed by atoms with Gasteiger partial charge in [0.1, 0.15) is 11.9 Å². The maximum atomic E-state index is 14.3. The van der Waals surface area contributed by atoms with Crippen LogP contribution in [0.1, 0.15) is 26.4 Å². The minimum Gasteiger partial charge on any atom is -0.464 e. The molecule has 0 unspecified atom stereocenters. The maximum Gasteiger partial charge on any atom is 0.357 e. The van der Waals surface area contributed by atoms with Crippen LogP contribution in [0, 0.1) is 17.1 Å².